The summed E-state index contributed by atoms with van der Waals surface area (Å²) in [6.45, 7) is 7.16. The highest BCUT2D eigenvalue weighted by molar-refractivity contribution is 6.03. The van der Waals surface area contributed by atoms with Crippen molar-refractivity contribution in [3.8, 4) is 0 Å². The molecule has 0 fully saturated rings. The third-order valence-electron chi connectivity index (χ3n) is 3.17. The van der Waals surface area contributed by atoms with Crippen LogP contribution < -0.4 is 5.32 Å². The molecule has 0 aromatic carbocycles. The molecule has 0 bridgehead atoms. The Morgan fingerprint density at radius 2 is 2.10 bits per heavy atom. The maximum Gasteiger partial charge on any atom is 0.339 e. The van der Waals surface area contributed by atoms with Gasteiger partial charge in [-0.2, -0.15) is 5.10 Å². The predicted molar refractivity (Wildman–Crippen MR) is 78.0 cm³/mol. The number of carboxylic acids is 1. The van der Waals surface area contributed by atoms with E-state index in [2.05, 4.69) is 36.2 Å². The van der Waals surface area contributed by atoms with Crippen molar-refractivity contribution in [2.24, 2.45) is 12.5 Å². The summed E-state index contributed by atoms with van der Waals surface area (Å²) < 4.78 is 1.63. The molecule has 2 aromatic heterocycles. The molecular weight excluding hydrogens is 256 g/mol. The van der Waals surface area contributed by atoms with E-state index in [1.54, 1.807) is 17.9 Å². The van der Waals surface area contributed by atoms with Crippen LogP contribution in [-0.2, 0) is 7.05 Å². The molecule has 0 atom stereocenters. The Labute approximate surface area is 117 Å². The minimum atomic E-state index is -0.985. The largest absolute Gasteiger partial charge is 0.478 e. The lowest BCUT2D eigenvalue weighted by molar-refractivity contribution is 0.0697. The summed E-state index contributed by atoms with van der Waals surface area (Å²) >= 11 is 0. The molecule has 0 amide bonds. The van der Waals surface area contributed by atoms with Crippen molar-refractivity contribution in [1.29, 1.82) is 0 Å². The molecule has 0 saturated carbocycles. The van der Waals surface area contributed by atoms with Gasteiger partial charge in [-0.25, -0.2) is 9.78 Å². The number of hydrogen-bond acceptors (Lipinski definition) is 4. The monoisotopic (exact) mass is 276 g/mol. The molecular formula is C14H20N4O2. The van der Waals surface area contributed by atoms with E-state index in [1.807, 2.05) is 0 Å². The molecule has 2 aromatic rings. The molecule has 0 spiro atoms. The number of carboxylic acid groups (broad SMARTS) is 1. The van der Waals surface area contributed by atoms with Gasteiger partial charge in [0, 0.05) is 19.8 Å². The number of nitrogens with zero attached hydrogens (tertiary/aromatic N) is 3. The second-order valence-electron chi connectivity index (χ2n) is 6.09. The lowest BCUT2D eigenvalue weighted by atomic mass is 9.92. The van der Waals surface area contributed by atoms with Gasteiger partial charge in [-0.15, -0.1) is 0 Å². The highest BCUT2D eigenvalue weighted by Crippen LogP contribution is 2.26. The fourth-order valence-electron chi connectivity index (χ4n) is 2.01. The molecule has 0 saturated heterocycles. The average Bonchev–Trinajstić information content (AvgIpc) is 2.70. The quantitative estimate of drug-likeness (QED) is 0.897. The lowest BCUT2D eigenvalue weighted by Gasteiger charge is -2.19. The van der Waals surface area contributed by atoms with Crippen LogP contribution in [-0.4, -0.2) is 32.4 Å². The van der Waals surface area contributed by atoms with Gasteiger partial charge in [0.15, 0.2) is 5.65 Å². The van der Waals surface area contributed by atoms with Crippen LogP contribution in [0, 0.1) is 5.41 Å². The molecule has 2 rings (SSSR count). The Kier molecular flexibility index (Phi) is 3.65. The van der Waals surface area contributed by atoms with Crippen LogP contribution in [0.5, 0.6) is 0 Å². The highest BCUT2D eigenvalue weighted by atomic mass is 16.4. The highest BCUT2D eigenvalue weighted by Gasteiger charge is 2.17. The van der Waals surface area contributed by atoms with Gasteiger partial charge in [0.1, 0.15) is 5.56 Å². The van der Waals surface area contributed by atoms with Crippen LogP contribution in [0.15, 0.2) is 12.4 Å². The number of aromatic carboxylic acids is 1. The van der Waals surface area contributed by atoms with Gasteiger partial charge in [0.2, 0.25) is 0 Å². The second kappa shape index (κ2) is 5.11. The molecule has 0 radical (unpaired) electrons. The van der Waals surface area contributed by atoms with Gasteiger partial charge < -0.3 is 10.4 Å². The summed E-state index contributed by atoms with van der Waals surface area (Å²) in [4.78, 5) is 15.5. The van der Waals surface area contributed by atoms with Crippen molar-refractivity contribution < 1.29 is 9.90 Å². The summed E-state index contributed by atoms with van der Waals surface area (Å²) in [6, 6.07) is 0. The molecule has 2 N–H and O–H groups in total. The lowest BCUT2D eigenvalue weighted by Crippen LogP contribution is -2.15. The third-order valence-corrected chi connectivity index (χ3v) is 3.17. The Balaban J connectivity index is 2.37. The zero-order valence-electron chi connectivity index (χ0n) is 12.3. The summed E-state index contributed by atoms with van der Waals surface area (Å²) in [7, 11) is 1.79. The first-order valence-electron chi connectivity index (χ1n) is 6.57. The maximum absolute atomic E-state index is 11.3. The van der Waals surface area contributed by atoms with E-state index < -0.39 is 5.97 Å². The number of carbonyl (C=O) groups is 1. The van der Waals surface area contributed by atoms with Gasteiger partial charge in [-0.1, -0.05) is 20.8 Å². The molecule has 0 aliphatic heterocycles. The number of hydrogen-bond donors (Lipinski definition) is 2. The Hall–Kier alpha value is -2.11. The maximum atomic E-state index is 11.3. The number of aromatic nitrogens is 3. The number of rotatable bonds is 4. The van der Waals surface area contributed by atoms with E-state index in [1.165, 1.54) is 6.20 Å². The van der Waals surface area contributed by atoms with Crippen molar-refractivity contribution in [3.63, 3.8) is 0 Å². The fraction of sp³-hybridized carbons (Fsp3) is 0.500. The molecule has 0 aliphatic rings. The minimum Gasteiger partial charge on any atom is -0.478 e. The zero-order valence-corrected chi connectivity index (χ0v) is 12.3. The fourth-order valence-corrected chi connectivity index (χ4v) is 2.01. The van der Waals surface area contributed by atoms with Crippen molar-refractivity contribution in [2.45, 2.75) is 27.2 Å². The first-order valence-corrected chi connectivity index (χ1v) is 6.57. The Morgan fingerprint density at radius 1 is 1.40 bits per heavy atom. The van der Waals surface area contributed by atoms with Crippen molar-refractivity contribution in [3.05, 3.63) is 18.0 Å². The smallest absolute Gasteiger partial charge is 0.339 e. The van der Waals surface area contributed by atoms with Crippen molar-refractivity contribution in [1.82, 2.24) is 14.8 Å². The first-order chi connectivity index (χ1) is 9.29. The average molecular weight is 276 g/mol. The van der Waals surface area contributed by atoms with Gasteiger partial charge in [0.25, 0.3) is 0 Å². The van der Waals surface area contributed by atoms with Crippen LogP contribution in [0.2, 0.25) is 0 Å². The molecule has 6 nitrogen and oxygen atoms in total. The Bertz CT molecular complexity index is 640. The van der Waals surface area contributed by atoms with E-state index >= 15 is 0 Å². The zero-order chi connectivity index (χ0) is 14.9. The minimum absolute atomic E-state index is 0.180. The summed E-state index contributed by atoms with van der Waals surface area (Å²) in [6.07, 6.45) is 3.97. The van der Waals surface area contributed by atoms with Crippen molar-refractivity contribution >= 4 is 22.7 Å². The standard InChI is InChI=1S/C14H20N4O2/c1-14(2,3)5-6-15-11-9-8-17-18(4)12(9)16-7-10(11)13(19)20/h7-8H,5-6H2,1-4H3,(H,15,16)(H,19,20). The third kappa shape index (κ3) is 2.89. The molecule has 0 unspecified atom stereocenters. The van der Waals surface area contributed by atoms with Crippen LogP contribution in [0.3, 0.4) is 0 Å². The molecule has 6 heteroatoms. The Morgan fingerprint density at radius 3 is 2.70 bits per heavy atom. The molecule has 108 valence electrons. The van der Waals surface area contributed by atoms with Crippen LogP contribution >= 0.6 is 0 Å². The van der Waals surface area contributed by atoms with Gasteiger partial charge in [0.05, 0.1) is 17.3 Å². The number of nitrogens with one attached hydrogen (secondary N) is 1. The van der Waals surface area contributed by atoms with Gasteiger partial charge in [-0.3, -0.25) is 4.68 Å². The number of aryl methyl sites for hydroxylation is 1. The van der Waals surface area contributed by atoms with E-state index in [9.17, 15) is 9.90 Å². The second-order valence-corrected chi connectivity index (χ2v) is 6.09. The number of anilines is 1. The van der Waals surface area contributed by atoms with E-state index in [0.29, 0.717) is 17.9 Å². The molecule has 0 aliphatic carbocycles. The van der Waals surface area contributed by atoms with E-state index in [-0.39, 0.29) is 11.0 Å². The van der Waals surface area contributed by atoms with Crippen LogP contribution in [0.25, 0.3) is 11.0 Å². The number of fused-ring (bicyclic) bond motifs is 1. The summed E-state index contributed by atoms with van der Waals surface area (Å²) in [5.74, 6) is -0.985. The van der Waals surface area contributed by atoms with Gasteiger partial charge in [-0.05, 0) is 11.8 Å². The SMILES string of the molecule is Cn1ncc2c(NCCC(C)(C)C)c(C(=O)O)cnc21. The van der Waals surface area contributed by atoms with E-state index in [4.69, 9.17) is 0 Å². The van der Waals surface area contributed by atoms with Crippen LogP contribution in [0.4, 0.5) is 5.69 Å². The molecule has 2 heterocycles. The predicted octanol–water partition coefficient (Wildman–Crippen LogP) is 2.51. The van der Waals surface area contributed by atoms with E-state index in [0.717, 1.165) is 11.8 Å². The topological polar surface area (TPSA) is 80.0 Å². The van der Waals surface area contributed by atoms with Crippen LogP contribution in [0.1, 0.15) is 37.6 Å². The normalized spacial score (nSPS) is 11.8. The molecule has 20 heavy (non-hydrogen) atoms. The van der Waals surface area contributed by atoms with Gasteiger partial charge >= 0.3 is 5.97 Å². The van der Waals surface area contributed by atoms with Crippen molar-refractivity contribution in [2.75, 3.05) is 11.9 Å². The first kappa shape index (κ1) is 14.3. The summed E-state index contributed by atoms with van der Waals surface area (Å²) in [5, 5.41) is 17.4. The number of pyridine rings is 1. The summed E-state index contributed by atoms with van der Waals surface area (Å²) in [5.41, 5.74) is 1.64.